The van der Waals surface area contributed by atoms with E-state index in [1.54, 1.807) is 14.0 Å². The highest BCUT2D eigenvalue weighted by molar-refractivity contribution is 5.76. The summed E-state index contributed by atoms with van der Waals surface area (Å²) in [6, 6.07) is 7.81. The third kappa shape index (κ3) is 5.45. The summed E-state index contributed by atoms with van der Waals surface area (Å²) in [6.45, 7) is 5.77. The maximum atomic E-state index is 12.0. The first-order valence-corrected chi connectivity index (χ1v) is 7.10. The molecule has 5 nitrogen and oxygen atoms in total. The van der Waals surface area contributed by atoms with Crippen LogP contribution in [0, 0.1) is 12.8 Å². The highest BCUT2D eigenvalue weighted by Crippen LogP contribution is 2.10. The summed E-state index contributed by atoms with van der Waals surface area (Å²) in [4.78, 5) is 24.2. The Morgan fingerprint density at radius 3 is 2.48 bits per heavy atom. The average Bonchev–Trinajstić information content (AvgIpc) is 2.40. The number of urea groups is 1. The number of carbonyl (C=O) groups is 2. The molecule has 0 aromatic heterocycles. The Hall–Kier alpha value is -2.04. The predicted molar refractivity (Wildman–Crippen MR) is 82.3 cm³/mol. The SMILES string of the molecule is Cc1ccccc1CC(C)NC(=O)N(C)CC(C)C(=O)O. The van der Waals surface area contributed by atoms with Gasteiger partial charge in [-0.3, -0.25) is 4.79 Å². The van der Waals surface area contributed by atoms with Gasteiger partial charge in [0.1, 0.15) is 0 Å². The summed E-state index contributed by atoms with van der Waals surface area (Å²) in [7, 11) is 1.61. The van der Waals surface area contributed by atoms with Crippen molar-refractivity contribution in [2.24, 2.45) is 5.92 Å². The maximum Gasteiger partial charge on any atom is 0.317 e. The number of carboxylic acid groups (broad SMARTS) is 1. The number of aliphatic carboxylic acids is 1. The first-order chi connectivity index (χ1) is 9.81. The third-order valence-corrected chi connectivity index (χ3v) is 3.47. The van der Waals surface area contributed by atoms with Crippen molar-refractivity contribution in [3.05, 3.63) is 35.4 Å². The predicted octanol–water partition coefficient (Wildman–Crippen LogP) is 2.29. The number of rotatable bonds is 6. The molecule has 2 atom stereocenters. The summed E-state index contributed by atoms with van der Waals surface area (Å²) in [5.41, 5.74) is 2.40. The lowest BCUT2D eigenvalue weighted by Gasteiger charge is -2.23. The van der Waals surface area contributed by atoms with E-state index in [0.29, 0.717) is 0 Å². The minimum absolute atomic E-state index is 0.0128. The zero-order chi connectivity index (χ0) is 16.0. The van der Waals surface area contributed by atoms with Gasteiger partial charge in [-0.25, -0.2) is 4.79 Å². The number of carboxylic acids is 1. The van der Waals surface area contributed by atoms with Crippen molar-refractivity contribution in [2.45, 2.75) is 33.2 Å². The topological polar surface area (TPSA) is 69.6 Å². The van der Waals surface area contributed by atoms with Gasteiger partial charge in [-0.15, -0.1) is 0 Å². The molecule has 0 saturated heterocycles. The van der Waals surface area contributed by atoms with Gasteiger partial charge < -0.3 is 15.3 Å². The van der Waals surface area contributed by atoms with Crippen LogP contribution in [0.5, 0.6) is 0 Å². The average molecular weight is 292 g/mol. The lowest BCUT2D eigenvalue weighted by molar-refractivity contribution is -0.141. The Morgan fingerprint density at radius 2 is 1.90 bits per heavy atom. The zero-order valence-corrected chi connectivity index (χ0v) is 13.1. The van der Waals surface area contributed by atoms with Crippen LogP contribution in [-0.2, 0) is 11.2 Å². The highest BCUT2D eigenvalue weighted by Gasteiger charge is 2.18. The standard InChI is InChI=1S/C16H24N2O3/c1-11-7-5-6-8-14(11)9-13(3)17-16(21)18(4)10-12(2)15(19)20/h5-8,12-13H,9-10H2,1-4H3,(H,17,21)(H,19,20). The van der Waals surface area contributed by atoms with E-state index in [-0.39, 0.29) is 18.6 Å². The van der Waals surface area contributed by atoms with Gasteiger partial charge in [-0.1, -0.05) is 31.2 Å². The van der Waals surface area contributed by atoms with Crippen molar-refractivity contribution in [3.63, 3.8) is 0 Å². The van der Waals surface area contributed by atoms with Crippen LogP contribution in [0.15, 0.2) is 24.3 Å². The van der Waals surface area contributed by atoms with E-state index in [1.165, 1.54) is 16.0 Å². The van der Waals surface area contributed by atoms with Crippen molar-refractivity contribution in [2.75, 3.05) is 13.6 Å². The first kappa shape index (κ1) is 17.0. The molecule has 0 fully saturated rings. The summed E-state index contributed by atoms with van der Waals surface area (Å²) in [5.74, 6) is -1.48. The number of nitrogens with one attached hydrogen (secondary N) is 1. The molecular weight excluding hydrogens is 268 g/mol. The van der Waals surface area contributed by atoms with Crippen molar-refractivity contribution < 1.29 is 14.7 Å². The lowest BCUT2D eigenvalue weighted by Crippen LogP contribution is -2.44. The third-order valence-electron chi connectivity index (χ3n) is 3.47. The molecule has 0 heterocycles. The Morgan fingerprint density at radius 1 is 1.29 bits per heavy atom. The van der Waals surface area contributed by atoms with Gasteiger partial charge in [-0.2, -0.15) is 0 Å². The van der Waals surface area contributed by atoms with E-state index in [2.05, 4.69) is 5.32 Å². The molecule has 0 radical (unpaired) electrons. The summed E-state index contributed by atoms with van der Waals surface area (Å²) in [5, 5.41) is 11.8. The molecule has 0 aliphatic heterocycles. The van der Waals surface area contributed by atoms with Crippen molar-refractivity contribution >= 4 is 12.0 Å². The van der Waals surface area contributed by atoms with Gasteiger partial charge in [0.15, 0.2) is 0 Å². The van der Waals surface area contributed by atoms with Crippen LogP contribution in [0.2, 0.25) is 0 Å². The van der Waals surface area contributed by atoms with Crippen molar-refractivity contribution in [3.8, 4) is 0 Å². The van der Waals surface area contributed by atoms with E-state index < -0.39 is 11.9 Å². The van der Waals surface area contributed by atoms with E-state index in [9.17, 15) is 9.59 Å². The van der Waals surface area contributed by atoms with Crippen molar-refractivity contribution in [1.82, 2.24) is 10.2 Å². The molecule has 0 aliphatic carbocycles. The van der Waals surface area contributed by atoms with Crippen LogP contribution in [-0.4, -0.2) is 41.6 Å². The number of hydrogen-bond acceptors (Lipinski definition) is 2. The number of benzene rings is 1. The molecule has 2 unspecified atom stereocenters. The molecular formula is C16H24N2O3. The number of hydrogen-bond donors (Lipinski definition) is 2. The largest absolute Gasteiger partial charge is 0.481 e. The number of amides is 2. The van der Waals surface area contributed by atoms with Crippen molar-refractivity contribution in [1.29, 1.82) is 0 Å². The van der Waals surface area contributed by atoms with E-state index >= 15 is 0 Å². The molecule has 0 spiro atoms. The molecule has 1 aromatic carbocycles. The Bertz CT molecular complexity index is 502. The fourth-order valence-electron chi connectivity index (χ4n) is 2.11. The van der Waals surface area contributed by atoms with Crippen LogP contribution in [0.1, 0.15) is 25.0 Å². The lowest BCUT2D eigenvalue weighted by atomic mass is 10.0. The maximum absolute atomic E-state index is 12.0. The summed E-state index contributed by atoms with van der Waals surface area (Å²) >= 11 is 0. The van der Waals surface area contributed by atoms with Gasteiger partial charge in [0.25, 0.3) is 0 Å². The summed E-state index contributed by atoms with van der Waals surface area (Å²) < 4.78 is 0. The van der Waals surface area contributed by atoms with Gasteiger partial charge in [-0.05, 0) is 31.4 Å². The fraction of sp³-hybridized carbons (Fsp3) is 0.500. The van der Waals surface area contributed by atoms with Crippen LogP contribution >= 0.6 is 0 Å². The van der Waals surface area contributed by atoms with E-state index in [0.717, 1.165) is 6.42 Å². The molecule has 1 aromatic rings. The second-order valence-corrected chi connectivity index (χ2v) is 5.60. The molecule has 0 saturated carbocycles. The number of aryl methyl sites for hydroxylation is 1. The second kappa shape index (κ2) is 7.67. The van der Waals surface area contributed by atoms with E-state index in [4.69, 9.17) is 5.11 Å². The number of carbonyl (C=O) groups excluding carboxylic acids is 1. The van der Waals surface area contributed by atoms with Crippen LogP contribution < -0.4 is 5.32 Å². The monoisotopic (exact) mass is 292 g/mol. The van der Waals surface area contributed by atoms with Gasteiger partial charge in [0, 0.05) is 19.6 Å². The molecule has 21 heavy (non-hydrogen) atoms. The summed E-state index contributed by atoms with van der Waals surface area (Å²) in [6.07, 6.45) is 0.751. The van der Waals surface area contributed by atoms with E-state index in [1.807, 2.05) is 38.1 Å². The zero-order valence-electron chi connectivity index (χ0n) is 13.1. The molecule has 0 bridgehead atoms. The van der Waals surface area contributed by atoms with Gasteiger partial charge >= 0.3 is 12.0 Å². The van der Waals surface area contributed by atoms with Crippen LogP contribution in [0.3, 0.4) is 0 Å². The Balaban J connectivity index is 2.50. The van der Waals surface area contributed by atoms with Crippen LogP contribution in [0.4, 0.5) is 4.79 Å². The van der Waals surface area contributed by atoms with Gasteiger partial charge in [0.05, 0.1) is 5.92 Å². The normalized spacial score (nSPS) is 13.3. The van der Waals surface area contributed by atoms with Gasteiger partial charge in [0.2, 0.25) is 0 Å². The molecule has 2 N–H and O–H groups in total. The number of nitrogens with zero attached hydrogens (tertiary/aromatic N) is 1. The van der Waals surface area contributed by atoms with Crippen LogP contribution in [0.25, 0.3) is 0 Å². The molecule has 0 aliphatic rings. The highest BCUT2D eigenvalue weighted by atomic mass is 16.4. The fourth-order valence-corrected chi connectivity index (χ4v) is 2.11. The molecule has 1 rings (SSSR count). The minimum Gasteiger partial charge on any atom is -0.481 e. The minimum atomic E-state index is -0.900. The molecule has 5 heteroatoms. The second-order valence-electron chi connectivity index (χ2n) is 5.60. The smallest absolute Gasteiger partial charge is 0.317 e. The Kier molecular flexibility index (Phi) is 6.21. The molecule has 2 amide bonds. The quantitative estimate of drug-likeness (QED) is 0.845. The Labute approximate surface area is 126 Å². The molecule has 116 valence electrons. The first-order valence-electron chi connectivity index (χ1n) is 7.10.